The van der Waals surface area contributed by atoms with Crippen LogP contribution in [0.15, 0.2) is 10.6 Å². The third-order valence-corrected chi connectivity index (χ3v) is 6.00. The minimum atomic E-state index is -4.75. The van der Waals surface area contributed by atoms with Crippen molar-refractivity contribution < 1.29 is 32.1 Å². The molecule has 2 aliphatic heterocycles. The van der Waals surface area contributed by atoms with Crippen LogP contribution >= 0.6 is 0 Å². The van der Waals surface area contributed by atoms with E-state index in [0.29, 0.717) is 31.9 Å². The summed E-state index contributed by atoms with van der Waals surface area (Å²) < 4.78 is 42.8. The van der Waals surface area contributed by atoms with E-state index in [0.717, 1.165) is 0 Å². The van der Waals surface area contributed by atoms with E-state index >= 15 is 0 Å². The zero-order chi connectivity index (χ0) is 20.3. The first kappa shape index (κ1) is 18.7. The number of likely N-dealkylation sites (tertiary alicyclic amines) is 1. The Bertz CT molecular complexity index is 840. The molecule has 3 amide bonds. The molecule has 1 aromatic heterocycles. The number of nitrogens with one attached hydrogen (secondary N) is 2. The van der Waals surface area contributed by atoms with Crippen LogP contribution in [-0.2, 0) is 15.8 Å². The Morgan fingerprint density at radius 2 is 2.21 bits per heavy atom. The summed E-state index contributed by atoms with van der Waals surface area (Å²) in [4.78, 5) is 38.3. The number of piperidine rings is 1. The van der Waals surface area contributed by atoms with Crippen LogP contribution in [0.25, 0.3) is 0 Å². The van der Waals surface area contributed by atoms with Crippen molar-refractivity contribution in [3.8, 4) is 0 Å². The van der Waals surface area contributed by atoms with Crippen molar-refractivity contribution in [2.24, 2.45) is 23.1 Å². The van der Waals surface area contributed by atoms with Crippen molar-refractivity contribution in [1.82, 2.24) is 20.8 Å². The number of carbonyl (C=O) groups excluding carboxylic acids is 3. The number of alkyl halides is 3. The number of hydrazine groups is 1. The van der Waals surface area contributed by atoms with Crippen LogP contribution in [-0.4, -0.2) is 46.9 Å². The van der Waals surface area contributed by atoms with E-state index in [1.807, 2.05) is 5.43 Å². The highest BCUT2D eigenvalue weighted by Gasteiger charge is 2.69. The maximum absolute atomic E-state index is 12.8. The van der Waals surface area contributed by atoms with Crippen molar-refractivity contribution in [2.45, 2.75) is 31.5 Å². The molecule has 2 saturated heterocycles. The molecule has 1 aromatic rings. The van der Waals surface area contributed by atoms with Crippen molar-refractivity contribution in [1.29, 1.82) is 0 Å². The van der Waals surface area contributed by atoms with Gasteiger partial charge in [0.05, 0.1) is 0 Å². The maximum atomic E-state index is 12.8. The van der Waals surface area contributed by atoms with E-state index in [2.05, 4.69) is 15.0 Å². The molecule has 4 rings (SSSR count). The topological polar surface area (TPSA) is 131 Å². The van der Waals surface area contributed by atoms with E-state index in [1.165, 1.54) is 4.90 Å². The molecule has 3 aliphatic rings. The van der Waals surface area contributed by atoms with Gasteiger partial charge < -0.3 is 14.7 Å². The number of hydrogen-bond acceptors (Lipinski definition) is 6. The van der Waals surface area contributed by atoms with Crippen LogP contribution in [0.3, 0.4) is 0 Å². The number of nitrogens with two attached hydrogens (primary N) is 1. The van der Waals surface area contributed by atoms with E-state index < -0.39 is 40.9 Å². The maximum Gasteiger partial charge on any atom is 0.436 e. The van der Waals surface area contributed by atoms with Gasteiger partial charge >= 0.3 is 6.18 Å². The zero-order valence-corrected chi connectivity index (χ0v) is 14.6. The lowest BCUT2D eigenvalue weighted by atomic mass is 9.84. The summed E-state index contributed by atoms with van der Waals surface area (Å²) in [7, 11) is 0. The Morgan fingerprint density at radius 1 is 1.46 bits per heavy atom. The number of amides is 3. The molecule has 152 valence electrons. The summed E-state index contributed by atoms with van der Waals surface area (Å²) in [5.41, 5.74) is 0.0964. The Morgan fingerprint density at radius 3 is 2.79 bits per heavy atom. The second kappa shape index (κ2) is 6.19. The fourth-order valence-electron chi connectivity index (χ4n) is 4.63. The molecule has 12 heteroatoms. The van der Waals surface area contributed by atoms with Crippen LogP contribution < -0.4 is 16.6 Å². The monoisotopic (exact) mass is 401 g/mol. The van der Waals surface area contributed by atoms with Crippen molar-refractivity contribution >= 4 is 17.7 Å². The summed E-state index contributed by atoms with van der Waals surface area (Å²) in [5, 5.41) is 5.62. The van der Waals surface area contributed by atoms with Crippen molar-refractivity contribution in [3.63, 3.8) is 0 Å². The third-order valence-electron chi connectivity index (χ3n) is 6.00. The molecule has 1 saturated carbocycles. The first-order valence-corrected chi connectivity index (χ1v) is 8.80. The molecule has 28 heavy (non-hydrogen) atoms. The average molecular weight is 401 g/mol. The molecule has 0 aromatic carbocycles. The number of aromatic nitrogens is 1. The summed E-state index contributed by atoms with van der Waals surface area (Å²) in [6, 6.07) is -0.469. The molecular weight excluding hydrogens is 383 g/mol. The van der Waals surface area contributed by atoms with Gasteiger partial charge in [-0.05, 0) is 25.2 Å². The van der Waals surface area contributed by atoms with E-state index in [9.17, 15) is 27.6 Å². The van der Waals surface area contributed by atoms with Gasteiger partial charge in [-0.15, -0.1) is 0 Å². The minimum Gasteiger partial charge on any atom is -0.356 e. The molecule has 3 unspecified atom stereocenters. The molecule has 9 nitrogen and oxygen atoms in total. The quantitative estimate of drug-likeness (QED) is 0.371. The summed E-state index contributed by atoms with van der Waals surface area (Å²) in [6.07, 6.45) is -3.06. The number of carbonyl (C=O) groups is 3. The van der Waals surface area contributed by atoms with Gasteiger partial charge in [0.1, 0.15) is 6.04 Å². The predicted molar refractivity (Wildman–Crippen MR) is 84.9 cm³/mol. The first-order valence-electron chi connectivity index (χ1n) is 8.80. The Kier molecular flexibility index (Phi) is 4.14. The molecule has 3 fully saturated rings. The third kappa shape index (κ3) is 2.82. The second-order valence-corrected chi connectivity index (χ2v) is 7.56. The van der Waals surface area contributed by atoms with Crippen molar-refractivity contribution in [2.75, 3.05) is 13.1 Å². The molecule has 0 radical (unpaired) electrons. The van der Waals surface area contributed by atoms with E-state index in [-0.39, 0.29) is 24.3 Å². The smallest absolute Gasteiger partial charge is 0.356 e. The van der Waals surface area contributed by atoms with Crippen LogP contribution in [0.4, 0.5) is 13.2 Å². The normalized spacial score (nSPS) is 31.5. The predicted octanol–water partition coefficient (Wildman–Crippen LogP) is 0.0402. The van der Waals surface area contributed by atoms with Crippen LogP contribution in [0.5, 0.6) is 0 Å². The van der Waals surface area contributed by atoms with Gasteiger partial charge in [-0.3, -0.25) is 19.8 Å². The van der Waals surface area contributed by atoms with Gasteiger partial charge in [0, 0.05) is 30.5 Å². The van der Waals surface area contributed by atoms with Crippen LogP contribution in [0, 0.1) is 17.3 Å². The summed E-state index contributed by atoms with van der Waals surface area (Å²) in [6.45, 7) is 0.728. The molecule has 1 aliphatic carbocycles. The van der Waals surface area contributed by atoms with Gasteiger partial charge in [-0.2, -0.15) is 13.2 Å². The second-order valence-electron chi connectivity index (χ2n) is 7.56. The Balaban J connectivity index is 1.59. The highest BCUT2D eigenvalue weighted by molar-refractivity contribution is 5.97. The molecule has 4 atom stereocenters. The van der Waals surface area contributed by atoms with Gasteiger partial charge in [0.2, 0.25) is 11.7 Å². The van der Waals surface area contributed by atoms with Crippen molar-refractivity contribution in [3.05, 3.63) is 17.5 Å². The fraction of sp³-hybridized carbons (Fsp3) is 0.625. The van der Waals surface area contributed by atoms with Gasteiger partial charge in [0.25, 0.3) is 11.8 Å². The molecule has 3 heterocycles. The average Bonchev–Trinajstić information content (AvgIpc) is 3.05. The number of fused-ring (bicyclic) bond motifs is 1. The summed E-state index contributed by atoms with van der Waals surface area (Å²) >= 11 is 0. The van der Waals surface area contributed by atoms with Crippen LogP contribution in [0.1, 0.15) is 35.5 Å². The van der Waals surface area contributed by atoms with Gasteiger partial charge in [0.15, 0.2) is 5.69 Å². The molecular formula is C16H18F3N5O4. The molecule has 0 spiro atoms. The molecule has 4 N–H and O–H groups in total. The zero-order valence-electron chi connectivity index (χ0n) is 14.6. The highest BCUT2D eigenvalue weighted by Crippen LogP contribution is 2.65. The fourth-order valence-corrected chi connectivity index (χ4v) is 4.63. The largest absolute Gasteiger partial charge is 0.436 e. The highest BCUT2D eigenvalue weighted by atomic mass is 19.4. The first-order chi connectivity index (χ1) is 13.2. The van der Waals surface area contributed by atoms with Crippen LogP contribution in [0.2, 0.25) is 0 Å². The van der Waals surface area contributed by atoms with Gasteiger partial charge in [-0.25, -0.2) is 5.84 Å². The number of hydrogen-bond donors (Lipinski definition) is 3. The van der Waals surface area contributed by atoms with Gasteiger partial charge in [-0.1, -0.05) is 5.16 Å². The lowest BCUT2D eigenvalue weighted by Gasteiger charge is -2.31. The number of rotatable bonds is 4. The standard InChI is InChI=1S/C16H18F3N5O4/c17-16(18,19)10-3-9(28-23-10)14(27)24-6-8-5-15(8,11(24)13(26)22-20)4-7-1-2-21-12(7)25/h3,7-8,11H,1-2,4-6,20H2,(H,21,25)(H,22,26)/t7-,8?,11?,15?/m1/s1. The number of halogens is 3. The minimum absolute atomic E-state index is 0.0304. The van der Waals surface area contributed by atoms with E-state index in [1.54, 1.807) is 0 Å². The molecule has 0 bridgehead atoms. The number of nitrogens with zero attached hydrogens (tertiary/aromatic N) is 2. The SMILES string of the molecule is NNC(=O)C1N(C(=O)c2cc(C(F)(F)F)no2)CC2CC21C[C@H]1CCNC1=O. The lowest BCUT2D eigenvalue weighted by molar-refractivity contribution is -0.142. The Hall–Kier alpha value is -2.63. The lowest BCUT2D eigenvalue weighted by Crippen LogP contribution is -2.53. The Labute approximate surface area is 156 Å². The summed E-state index contributed by atoms with van der Waals surface area (Å²) in [5.74, 6) is 2.81. The van der Waals surface area contributed by atoms with E-state index in [4.69, 9.17) is 5.84 Å².